The molecule has 0 fully saturated rings. The van der Waals surface area contributed by atoms with E-state index in [-0.39, 0.29) is 12.6 Å². The van der Waals surface area contributed by atoms with Crippen molar-refractivity contribution in [3.05, 3.63) is 24.5 Å². The lowest BCUT2D eigenvalue weighted by Crippen LogP contribution is -2.12. The molecule has 0 N–H and O–H groups in total. The van der Waals surface area contributed by atoms with Crippen LogP contribution in [-0.4, -0.2) is 19.2 Å². The molecule has 12 heavy (non-hydrogen) atoms. The van der Waals surface area contributed by atoms with Gasteiger partial charge in [0.2, 0.25) is 0 Å². The average Bonchev–Trinajstić information content (AvgIpc) is 2.00. The minimum Gasteiger partial charge on any atom is -0.482 e. The van der Waals surface area contributed by atoms with Gasteiger partial charge in [-0.25, -0.2) is 4.79 Å². The lowest BCUT2D eigenvalue weighted by atomic mass is 10.3. The number of hydrogen-bond acceptors (Lipinski definition) is 3. The Morgan fingerprint density at radius 2 is 1.92 bits per heavy atom. The molecule has 0 saturated carbocycles. The summed E-state index contributed by atoms with van der Waals surface area (Å²) in [7, 11) is 0. The van der Waals surface area contributed by atoms with Crippen molar-refractivity contribution in [3.8, 4) is 0 Å². The monoisotopic (exact) mass is 170 g/mol. The van der Waals surface area contributed by atoms with Gasteiger partial charge in [0.1, 0.15) is 5.76 Å². The van der Waals surface area contributed by atoms with Crippen LogP contribution in [0.5, 0.6) is 0 Å². The third kappa shape index (κ3) is 4.55. The minimum absolute atomic E-state index is 0.0977. The van der Waals surface area contributed by atoms with E-state index in [0.717, 1.165) is 0 Å². The number of esters is 1. The van der Waals surface area contributed by atoms with Gasteiger partial charge in [-0.2, -0.15) is 0 Å². The van der Waals surface area contributed by atoms with Crippen molar-refractivity contribution in [3.63, 3.8) is 0 Å². The molecule has 0 spiro atoms. The summed E-state index contributed by atoms with van der Waals surface area (Å²) in [5.41, 5.74) is 0.708. The largest absolute Gasteiger partial charge is 0.482 e. The highest BCUT2D eigenvalue weighted by Crippen LogP contribution is 2.04. The van der Waals surface area contributed by atoms with Crippen molar-refractivity contribution in [2.45, 2.75) is 13.8 Å². The number of carbonyl (C=O) groups excluding carboxylic acids is 1. The molecule has 3 nitrogen and oxygen atoms in total. The van der Waals surface area contributed by atoms with Crippen LogP contribution in [0, 0.1) is 0 Å². The predicted octanol–water partition coefficient (Wildman–Crippen LogP) is 1.66. The van der Waals surface area contributed by atoms with Crippen molar-refractivity contribution < 1.29 is 14.3 Å². The predicted molar refractivity (Wildman–Crippen MR) is 46.5 cm³/mol. The Labute approximate surface area is 72.7 Å². The highest BCUT2D eigenvalue weighted by molar-refractivity contribution is 5.70. The second-order valence-corrected chi connectivity index (χ2v) is 2.30. The van der Waals surface area contributed by atoms with Crippen molar-refractivity contribution in [1.82, 2.24) is 0 Å². The second kappa shape index (κ2) is 5.41. The van der Waals surface area contributed by atoms with E-state index in [1.807, 2.05) is 0 Å². The van der Waals surface area contributed by atoms with Crippen LogP contribution in [0.3, 0.4) is 0 Å². The fourth-order valence-corrected chi connectivity index (χ4v) is 0.472. The molecule has 0 heterocycles. The van der Waals surface area contributed by atoms with Crippen LogP contribution < -0.4 is 0 Å². The maximum Gasteiger partial charge on any atom is 0.344 e. The molecule has 0 bridgehead atoms. The number of allylic oxidation sites excluding steroid dienone is 1. The van der Waals surface area contributed by atoms with Gasteiger partial charge in [-0.1, -0.05) is 13.2 Å². The average molecular weight is 170 g/mol. The quantitative estimate of drug-likeness (QED) is 0.357. The zero-order valence-corrected chi connectivity index (χ0v) is 7.55. The Bertz CT molecular complexity index is 194. The molecular formula is C9H14O3. The maximum atomic E-state index is 10.8. The number of hydrogen-bond donors (Lipinski definition) is 0. The normalized spacial score (nSPS) is 8.83. The standard InChI is InChI=1S/C9H14O3/c1-5-11-9(10)6-12-8(4)7(2)3/h2,4-6H2,1,3H3. The summed E-state index contributed by atoms with van der Waals surface area (Å²) in [5, 5.41) is 0. The fourth-order valence-electron chi connectivity index (χ4n) is 0.472. The highest BCUT2D eigenvalue weighted by Gasteiger charge is 2.03. The molecule has 0 aliphatic heterocycles. The van der Waals surface area contributed by atoms with E-state index in [9.17, 15) is 4.79 Å². The SMILES string of the molecule is C=C(C)C(=C)OCC(=O)OCC. The van der Waals surface area contributed by atoms with Crippen molar-refractivity contribution >= 4 is 5.97 Å². The van der Waals surface area contributed by atoms with Crippen molar-refractivity contribution in [1.29, 1.82) is 0 Å². The molecule has 0 aliphatic carbocycles. The van der Waals surface area contributed by atoms with Gasteiger partial charge in [-0.15, -0.1) is 0 Å². The Morgan fingerprint density at radius 1 is 1.33 bits per heavy atom. The van der Waals surface area contributed by atoms with Gasteiger partial charge in [0, 0.05) is 0 Å². The molecule has 0 aromatic rings. The van der Waals surface area contributed by atoms with E-state index in [1.54, 1.807) is 13.8 Å². The summed E-state index contributed by atoms with van der Waals surface area (Å²) in [5.74, 6) is 0.0305. The third-order valence-corrected chi connectivity index (χ3v) is 1.15. The topological polar surface area (TPSA) is 35.5 Å². The fraction of sp³-hybridized carbons (Fsp3) is 0.444. The van der Waals surface area contributed by atoms with E-state index in [4.69, 9.17) is 4.74 Å². The van der Waals surface area contributed by atoms with Crippen LogP contribution in [0.2, 0.25) is 0 Å². The van der Waals surface area contributed by atoms with E-state index < -0.39 is 0 Å². The molecule has 3 heteroatoms. The number of carbonyl (C=O) groups is 1. The molecule has 0 radical (unpaired) electrons. The Kier molecular flexibility index (Phi) is 4.84. The molecule has 0 aromatic carbocycles. The van der Waals surface area contributed by atoms with Crippen LogP contribution in [0.15, 0.2) is 24.5 Å². The first-order chi connectivity index (χ1) is 5.57. The first-order valence-electron chi connectivity index (χ1n) is 3.71. The Balaban J connectivity index is 3.61. The first kappa shape index (κ1) is 10.8. The second-order valence-electron chi connectivity index (χ2n) is 2.30. The van der Waals surface area contributed by atoms with E-state index in [0.29, 0.717) is 17.9 Å². The van der Waals surface area contributed by atoms with Crippen LogP contribution in [-0.2, 0) is 14.3 Å². The molecule has 0 atom stereocenters. The van der Waals surface area contributed by atoms with Gasteiger partial charge in [0.05, 0.1) is 6.61 Å². The molecule has 0 unspecified atom stereocenters. The smallest absolute Gasteiger partial charge is 0.344 e. The Morgan fingerprint density at radius 3 is 2.33 bits per heavy atom. The summed E-state index contributed by atoms with van der Waals surface area (Å²) in [6.07, 6.45) is 0. The minimum atomic E-state index is -0.389. The van der Waals surface area contributed by atoms with Gasteiger partial charge in [-0.05, 0) is 19.4 Å². The van der Waals surface area contributed by atoms with Gasteiger partial charge in [0.25, 0.3) is 0 Å². The first-order valence-corrected chi connectivity index (χ1v) is 3.71. The molecule has 0 aromatic heterocycles. The summed E-state index contributed by atoms with van der Waals surface area (Å²) in [4.78, 5) is 10.8. The van der Waals surface area contributed by atoms with Gasteiger partial charge in [0.15, 0.2) is 6.61 Å². The summed E-state index contributed by atoms with van der Waals surface area (Å²) < 4.78 is 9.59. The Hall–Kier alpha value is -1.25. The molecule has 0 rings (SSSR count). The summed E-state index contributed by atoms with van der Waals surface area (Å²) >= 11 is 0. The van der Waals surface area contributed by atoms with Gasteiger partial charge in [-0.3, -0.25) is 0 Å². The number of rotatable bonds is 5. The van der Waals surface area contributed by atoms with Gasteiger partial charge >= 0.3 is 5.97 Å². The van der Waals surface area contributed by atoms with Gasteiger partial charge < -0.3 is 9.47 Å². The molecule has 68 valence electrons. The summed E-state index contributed by atoms with van der Waals surface area (Å²) in [6.45, 7) is 10.9. The van der Waals surface area contributed by atoms with E-state index in [1.165, 1.54) is 0 Å². The van der Waals surface area contributed by atoms with Crippen LogP contribution in [0.25, 0.3) is 0 Å². The van der Waals surface area contributed by atoms with Crippen LogP contribution >= 0.6 is 0 Å². The highest BCUT2D eigenvalue weighted by atomic mass is 16.6. The van der Waals surface area contributed by atoms with Crippen LogP contribution in [0.4, 0.5) is 0 Å². The summed E-state index contributed by atoms with van der Waals surface area (Å²) in [6, 6.07) is 0. The lowest BCUT2D eigenvalue weighted by Gasteiger charge is -2.07. The number of ether oxygens (including phenoxy) is 2. The van der Waals surface area contributed by atoms with Crippen LogP contribution in [0.1, 0.15) is 13.8 Å². The van der Waals surface area contributed by atoms with E-state index >= 15 is 0 Å². The molecule has 0 amide bonds. The molecule has 0 saturated heterocycles. The molecule has 0 aliphatic rings. The third-order valence-electron chi connectivity index (χ3n) is 1.15. The molecular weight excluding hydrogens is 156 g/mol. The van der Waals surface area contributed by atoms with E-state index in [2.05, 4.69) is 17.9 Å². The zero-order chi connectivity index (χ0) is 9.56. The zero-order valence-electron chi connectivity index (χ0n) is 7.55. The van der Waals surface area contributed by atoms with Crippen molar-refractivity contribution in [2.75, 3.05) is 13.2 Å². The maximum absolute atomic E-state index is 10.8. The van der Waals surface area contributed by atoms with Crippen molar-refractivity contribution in [2.24, 2.45) is 0 Å². The lowest BCUT2D eigenvalue weighted by molar-refractivity contribution is -0.146.